The van der Waals surface area contributed by atoms with Gasteiger partial charge in [0.05, 0.1) is 0 Å². The first-order valence-electron chi connectivity index (χ1n) is 18.3. The van der Waals surface area contributed by atoms with Crippen LogP contribution in [0.15, 0.2) is 96.1 Å². The molecule has 278 valence electrons. The predicted molar refractivity (Wildman–Crippen MR) is 191 cm³/mol. The molecule has 53 heavy (non-hydrogen) atoms. The Labute approximate surface area is 325 Å². The Morgan fingerprint density at radius 3 is 1.21 bits per heavy atom. The van der Waals surface area contributed by atoms with E-state index in [4.69, 9.17) is 0 Å². The summed E-state index contributed by atoms with van der Waals surface area (Å²) in [5.74, 6) is 0.620. The van der Waals surface area contributed by atoms with Crippen LogP contribution in [-0.4, -0.2) is 0 Å². The quantitative estimate of drug-likeness (QED) is 0.172. The molecule has 9 heteroatoms. The Hall–Kier alpha value is -2.60. The molecule has 0 bridgehead atoms. The molecule has 0 radical (unpaired) electrons. The van der Waals surface area contributed by atoms with Gasteiger partial charge in [0, 0.05) is 0 Å². The van der Waals surface area contributed by atoms with Gasteiger partial charge in [-0.15, -0.1) is 0 Å². The van der Waals surface area contributed by atoms with Crippen LogP contribution in [0.1, 0.15) is 94.0 Å². The minimum atomic E-state index is -4.39. The fourth-order valence-electron chi connectivity index (χ4n) is 10.4. The van der Waals surface area contributed by atoms with E-state index in [1.165, 1.54) is 72.2 Å². The van der Waals surface area contributed by atoms with Crippen molar-refractivity contribution in [1.29, 1.82) is 0 Å². The number of halogens is 8. The number of hydrogen-bond donors (Lipinski definition) is 0. The number of benzene rings is 4. The van der Waals surface area contributed by atoms with Crippen molar-refractivity contribution in [3.63, 3.8) is 0 Å². The van der Waals surface area contributed by atoms with Crippen molar-refractivity contribution in [3.8, 4) is 22.3 Å². The average Bonchev–Trinajstić information content (AvgIpc) is 3.36. The van der Waals surface area contributed by atoms with Crippen molar-refractivity contribution >= 4 is 12.2 Å². The number of fused-ring (bicyclic) bond motifs is 3. The second kappa shape index (κ2) is 14.5. The first kappa shape index (κ1) is 40.1. The van der Waals surface area contributed by atoms with Crippen LogP contribution < -0.4 is 24.8 Å². The average molecular weight is 847 g/mol. The van der Waals surface area contributed by atoms with Gasteiger partial charge in [-0.05, 0) is 0 Å². The Bertz CT molecular complexity index is 1910. The molecule has 0 amide bonds. The molecule has 4 unspecified atom stereocenters. The molecule has 4 aromatic rings. The smallest absolute Gasteiger partial charge is 1.00 e. The molecule has 8 rings (SSSR count). The zero-order valence-electron chi connectivity index (χ0n) is 30.1. The summed E-state index contributed by atoms with van der Waals surface area (Å²) in [5.41, 5.74) is 10.3. The van der Waals surface area contributed by atoms with Crippen LogP contribution in [-0.2, 0) is 32.6 Å². The second-order valence-corrected chi connectivity index (χ2v) is 27.1. The number of rotatable bonds is 6. The third-order valence-corrected chi connectivity index (χ3v) is 29.4. The molecule has 4 aromatic carbocycles. The first-order chi connectivity index (χ1) is 24.2. The summed E-state index contributed by atoms with van der Waals surface area (Å²) in [4.78, 5) is 0. The monoisotopic (exact) mass is 844 g/mol. The second-order valence-electron chi connectivity index (χ2n) is 15.7. The van der Waals surface area contributed by atoms with Gasteiger partial charge >= 0.3 is 303 Å². The molecule has 3 aliphatic carbocycles. The van der Waals surface area contributed by atoms with Gasteiger partial charge in [0.15, 0.2) is 0 Å². The Morgan fingerprint density at radius 2 is 0.887 bits per heavy atom. The Morgan fingerprint density at radius 1 is 0.528 bits per heavy atom. The van der Waals surface area contributed by atoms with E-state index in [9.17, 15) is 26.3 Å². The summed E-state index contributed by atoms with van der Waals surface area (Å²) in [6, 6.07) is 24.1. The van der Waals surface area contributed by atoms with Crippen LogP contribution in [0.3, 0.4) is 0 Å². The van der Waals surface area contributed by atoms with Gasteiger partial charge in [-0.1, -0.05) is 0 Å². The number of allylic oxidation sites excluding steroid dienone is 2. The first-order valence-corrected chi connectivity index (χ1v) is 23.9. The maximum Gasteiger partial charge on any atom is -1.00 e. The summed E-state index contributed by atoms with van der Waals surface area (Å²) in [6.07, 6.45) is 1.03. The molecule has 0 N–H and O–H groups in total. The Balaban J connectivity index is 0.00000240. The molecular formula is C44H42Cl2F6Zr. The molecule has 2 fully saturated rings. The van der Waals surface area contributed by atoms with Gasteiger partial charge in [-0.3, -0.25) is 0 Å². The van der Waals surface area contributed by atoms with Crippen LogP contribution in [0.5, 0.6) is 0 Å². The summed E-state index contributed by atoms with van der Waals surface area (Å²) in [5, 5.41) is 0. The van der Waals surface area contributed by atoms with Crippen LogP contribution in [0.25, 0.3) is 34.4 Å². The summed E-state index contributed by atoms with van der Waals surface area (Å²) in [6.45, 7) is 9.16. The molecule has 1 heterocycles. The van der Waals surface area contributed by atoms with Gasteiger partial charge in [0.25, 0.3) is 0 Å². The number of alkyl halides is 6. The largest absolute Gasteiger partial charge is 1.00 e. The van der Waals surface area contributed by atoms with Crippen molar-refractivity contribution in [1.82, 2.24) is 0 Å². The fraction of sp³-hybridized carbons (Fsp3) is 0.364. The van der Waals surface area contributed by atoms with E-state index in [0.717, 1.165) is 40.6 Å². The maximum atomic E-state index is 13.5. The van der Waals surface area contributed by atoms with E-state index in [2.05, 4.69) is 76.2 Å². The van der Waals surface area contributed by atoms with Crippen LogP contribution in [0.2, 0.25) is 7.25 Å². The van der Waals surface area contributed by atoms with Crippen molar-refractivity contribution in [2.24, 2.45) is 11.8 Å². The molecule has 1 aliphatic heterocycles. The third kappa shape index (κ3) is 6.53. The van der Waals surface area contributed by atoms with Crippen LogP contribution >= 0.6 is 0 Å². The molecule has 0 nitrogen and oxygen atoms in total. The standard InChI is InChI=1S/2C19H16F3.C6H10.2ClH.Zr/c2*1-12(2)15-10-14-4-3-5-17(18(14)11-15)13-6-8-16(9-7-13)19(20,21)22;1-2-4-6-5-3-1;;;/h2*3-12H,1-2H3;1-2H,3-6H2;2*1H;/q;;;;;+2/p-2. The summed E-state index contributed by atoms with van der Waals surface area (Å²) < 4.78 is 83.1. The fourth-order valence-corrected chi connectivity index (χ4v) is 34.2. The SMILES string of the molecule is CC(C)C1=Cc2c(-c3ccc(C(F)(F)F)cc3)cccc2[CH]1[Zr+2]1([CH]2C(C(C)C)=Cc3c(-c4ccc(C(F)(F)F)cc4)cccc32)[CH]2CCCC[CH]21.[Cl-].[Cl-]. The molecule has 4 aliphatic rings. The van der Waals surface area contributed by atoms with Gasteiger partial charge < -0.3 is 24.8 Å². The molecule has 0 spiro atoms. The van der Waals surface area contributed by atoms with Crippen molar-refractivity contribution in [2.75, 3.05) is 0 Å². The molecule has 1 saturated heterocycles. The number of hydrogen-bond acceptors (Lipinski definition) is 0. The van der Waals surface area contributed by atoms with Gasteiger partial charge in [0.1, 0.15) is 0 Å². The Kier molecular flexibility index (Phi) is 11.0. The molecule has 1 saturated carbocycles. The van der Waals surface area contributed by atoms with E-state index in [-0.39, 0.29) is 24.8 Å². The van der Waals surface area contributed by atoms with E-state index in [1.807, 2.05) is 0 Å². The van der Waals surface area contributed by atoms with Crippen molar-refractivity contribution in [3.05, 3.63) is 129 Å². The zero-order chi connectivity index (χ0) is 36.0. The van der Waals surface area contributed by atoms with E-state index in [0.29, 0.717) is 19.1 Å². The third-order valence-electron chi connectivity index (χ3n) is 12.5. The zero-order valence-corrected chi connectivity index (χ0v) is 34.0. The summed E-state index contributed by atoms with van der Waals surface area (Å²) >= 11 is -3.41. The van der Waals surface area contributed by atoms with E-state index >= 15 is 0 Å². The molecule has 4 atom stereocenters. The normalized spacial score (nSPS) is 23.2. The van der Waals surface area contributed by atoms with Crippen molar-refractivity contribution in [2.45, 2.75) is 80.2 Å². The van der Waals surface area contributed by atoms with E-state index < -0.39 is 43.7 Å². The molecular weight excluding hydrogens is 805 g/mol. The van der Waals surface area contributed by atoms with Crippen molar-refractivity contribution < 1.29 is 71.4 Å². The molecule has 0 aromatic heterocycles. The predicted octanol–water partition coefficient (Wildman–Crippen LogP) is 8.27. The van der Waals surface area contributed by atoms with Gasteiger partial charge in [0.2, 0.25) is 0 Å². The van der Waals surface area contributed by atoms with Crippen LogP contribution in [0, 0.1) is 11.8 Å². The van der Waals surface area contributed by atoms with E-state index in [1.54, 1.807) is 24.3 Å². The van der Waals surface area contributed by atoms with Crippen LogP contribution in [0.4, 0.5) is 26.3 Å². The maximum absolute atomic E-state index is 13.5. The minimum absolute atomic E-state index is 0. The minimum Gasteiger partial charge on any atom is -1.00 e. The van der Waals surface area contributed by atoms with Gasteiger partial charge in [-0.2, -0.15) is 0 Å². The summed E-state index contributed by atoms with van der Waals surface area (Å²) in [7, 11) is 0. The topological polar surface area (TPSA) is 0 Å². The van der Waals surface area contributed by atoms with Gasteiger partial charge in [-0.25, -0.2) is 0 Å².